The summed E-state index contributed by atoms with van der Waals surface area (Å²) in [6.07, 6.45) is 1.37. The van der Waals surface area contributed by atoms with E-state index >= 15 is 0 Å². The molecule has 3 aromatic rings. The zero-order valence-electron chi connectivity index (χ0n) is 20.7. The molecule has 2 heterocycles. The van der Waals surface area contributed by atoms with Crippen molar-refractivity contribution in [2.24, 2.45) is 0 Å². The lowest BCUT2D eigenvalue weighted by Crippen LogP contribution is -2.54. The Hall–Kier alpha value is -4.54. The van der Waals surface area contributed by atoms with E-state index in [9.17, 15) is 19.2 Å². The van der Waals surface area contributed by atoms with Crippen LogP contribution < -0.4 is 19.7 Å². The zero-order valence-corrected chi connectivity index (χ0v) is 22.3. The fourth-order valence-corrected chi connectivity index (χ4v) is 4.83. The molecule has 9 nitrogen and oxygen atoms in total. The summed E-state index contributed by atoms with van der Waals surface area (Å²) in [6, 6.07) is 16.2. The first-order valence-electron chi connectivity index (χ1n) is 11.6. The zero-order chi connectivity index (χ0) is 27.8. The van der Waals surface area contributed by atoms with Crippen LogP contribution in [0.25, 0.3) is 6.08 Å². The number of amides is 4. The van der Waals surface area contributed by atoms with Gasteiger partial charge in [-0.15, -0.1) is 0 Å². The smallest absolute Gasteiger partial charge is 0.270 e. The summed E-state index contributed by atoms with van der Waals surface area (Å²) in [6.45, 7) is -0.100. The molecule has 0 aliphatic carbocycles. The van der Waals surface area contributed by atoms with Crippen LogP contribution in [0.1, 0.15) is 31.8 Å². The number of methoxy groups -OCH3 is 2. The summed E-state index contributed by atoms with van der Waals surface area (Å²) in [5.41, 5.74) is 1.68. The second-order valence-electron chi connectivity index (χ2n) is 8.58. The van der Waals surface area contributed by atoms with Gasteiger partial charge in [-0.05, 0) is 60.8 Å². The maximum atomic E-state index is 13.4. The number of thiocarbonyl (C=S) groups is 1. The number of rotatable bonds is 6. The molecule has 4 amide bonds. The molecule has 0 spiro atoms. The van der Waals surface area contributed by atoms with Gasteiger partial charge >= 0.3 is 0 Å². The third-order valence-corrected chi connectivity index (χ3v) is 6.86. The Bertz CT molecular complexity index is 1570. The molecule has 0 atom stereocenters. The minimum atomic E-state index is -0.685. The van der Waals surface area contributed by atoms with E-state index in [-0.39, 0.29) is 17.2 Å². The predicted molar refractivity (Wildman–Crippen MR) is 148 cm³/mol. The Balaban J connectivity index is 1.54. The second kappa shape index (κ2) is 10.3. The molecule has 0 radical (unpaired) electrons. The minimum absolute atomic E-state index is 0.0718. The molecule has 2 aliphatic rings. The number of imide groups is 1. The van der Waals surface area contributed by atoms with Crippen molar-refractivity contribution >= 4 is 64.3 Å². The second-order valence-corrected chi connectivity index (χ2v) is 9.41. The van der Waals surface area contributed by atoms with Gasteiger partial charge in [0.05, 0.1) is 37.6 Å². The summed E-state index contributed by atoms with van der Waals surface area (Å²) >= 11 is 11.2. The number of benzene rings is 3. The minimum Gasteiger partial charge on any atom is -0.496 e. The molecule has 11 heteroatoms. The van der Waals surface area contributed by atoms with E-state index in [1.807, 2.05) is 0 Å². The van der Waals surface area contributed by atoms with Crippen molar-refractivity contribution in [2.45, 2.75) is 6.54 Å². The van der Waals surface area contributed by atoms with E-state index in [0.29, 0.717) is 44.5 Å². The number of halogens is 1. The standard InChI is InChI=1S/C28H20ClN3O6S/c1-37-22-13-23(38-2)16(14-31-25(34)19-5-3-4-6-20(19)26(31)35)11-15(22)12-21-24(33)30-28(39)32(27(21)36)18-9-7-17(29)8-10-18/h3-13H,14H2,1-2H3,(H,30,33,39)/b21-12+. The molecule has 1 saturated heterocycles. The van der Waals surface area contributed by atoms with E-state index in [4.69, 9.17) is 33.3 Å². The topological polar surface area (TPSA) is 105 Å². The van der Waals surface area contributed by atoms with Crippen LogP contribution in [0.3, 0.4) is 0 Å². The number of carbonyl (C=O) groups is 4. The molecule has 0 unspecified atom stereocenters. The third-order valence-electron chi connectivity index (χ3n) is 6.33. The molecule has 5 rings (SSSR count). The molecule has 0 aromatic heterocycles. The maximum absolute atomic E-state index is 13.4. The van der Waals surface area contributed by atoms with Gasteiger partial charge in [0.2, 0.25) is 0 Å². The normalized spacial score (nSPS) is 16.1. The van der Waals surface area contributed by atoms with Gasteiger partial charge in [-0.25, -0.2) is 0 Å². The van der Waals surface area contributed by atoms with E-state index in [0.717, 1.165) is 4.90 Å². The molecule has 1 fully saturated rings. The summed E-state index contributed by atoms with van der Waals surface area (Å²) < 4.78 is 11.0. The Morgan fingerprint density at radius 2 is 1.49 bits per heavy atom. The van der Waals surface area contributed by atoms with Gasteiger partial charge in [-0.2, -0.15) is 0 Å². The molecule has 0 bridgehead atoms. The lowest BCUT2D eigenvalue weighted by Gasteiger charge is -2.29. The van der Waals surface area contributed by atoms with E-state index in [2.05, 4.69) is 5.32 Å². The summed E-state index contributed by atoms with van der Waals surface area (Å²) in [5.74, 6) is -1.53. The molecule has 196 valence electrons. The van der Waals surface area contributed by atoms with E-state index in [1.165, 1.54) is 25.2 Å². The fourth-order valence-electron chi connectivity index (χ4n) is 4.42. The molecular formula is C28H20ClN3O6S. The van der Waals surface area contributed by atoms with Crippen molar-refractivity contribution in [1.29, 1.82) is 0 Å². The lowest BCUT2D eigenvalue weighted by molar-refractivity contribution is -0.122. The third kappa shape index (κ3) is 4.64. The molecular weight excluding hydrogens is 542 g/mol. The molecule has 3 aromatic carbocycles. The van der Waals surface area contributed by atoms with Gasteiger partial charge in [0.15, 0.2) is 5.11 Å². The number of nitrogens with one attached hydrogen (secondary N) is 1. The maximum Gasteiger partial charge on any atom is 0.270 e. The van der Waals surface area contributed by atoms with Gasteiger partial charge in [-0.3, -0.25) is 34.3 Å². The van der Waals surface area contributed by atoms with Crippen LogP contribution in [0.15, 0.2) is 66.2 Å². The Kier molecular flexibility index (Phi) is 6.90. The van der Waals surface area contributed by atoms with E-state index < -0.39 is 23.6 Å². The molecule has 39 heavy (non-hydrogen) atoms. The summed E-state index contributed by atoms with van der Waals surface area (Å²) in [7, 11) is 2.88. The molecule has 0 saturated carbocycles. The fraction of sp³-hybridized carbons (Fsp3) is 0.107. The number of ether oxygens (including phenoxy) is 2. The van der Waals surface area contributed by atoms with Crippen molar-refractivity contribution in [3.05, 3.63) is 93.5 Å². The van der Waals surface area contributed by atoms with Crippen LogP contribution >= 0.6 is 23.8 Å². The van der Waals surface area contributed by atoms with Gasteiger partial charge < -0.3 is 9.47 Å². The Morgan fingerprint density at radius 3 is 2.08 bits per heavy atom. The number of anilines is 1. The number of fused-ring (bicyclic) bond motifs is 1. The van der Waals surface area contributed by atoms with Gasteiger partial charge in [0.25, 0.3) is 23.6 Å². The highest BCUT2D eigenvalue weighted by Crippen LogP contribution is 2.34. The average Bonchev–Trinajstić information content (AvgIpc) is 3.17. The van der Waals surface area contributed by atoms with Gasteiger partial charge in [0.1, 0.15) is 17.1 Å². The highest BCUT2D eigenvalue weighted by molar-refractivity contribution is 7.80. The van der Waals surface area contributed by atoms with Gasteiger partial charge in [-0.1, -0.05) is 23.7 Å². The molecule has 1 N–H and O–H groups in total. The van der Waals surface area contributed by atoms with Gasteiger partial charge in [0, 0.05) is 22.2 Å². The quantitative estimate of drug-likeness (QED) is 0.210. The van der Waals surface area contributed by atoms with Crippen molar-refractivity contribution in [2.75, 3.05) is 19.1 Å². The summed E-state index contributed by atoms with van der Waals surface area (Å²) in [5, 5.41) is 2.93. The Labute approximate surface area is 233 Å². The average molecular weight is 562 g/mol. The first-order chi connectivity index (χ1) is 18.7. The van der Waals surface area contributed by atoms with Crippen LogP contribution in [-0.2, 0) is 16.1 Å². The van der Waals surface area contributed by atoms with Crippen molar-refractivity contribution in [3.8, 4) is 11.5 Å². The Morgan fingerprint density at radius 1 is 0.872 bits per heavy atom. The lowest BCUT2D eigenvalue weighted by atomic mass is 10.0. The van der Waals surface area contributed by atoms with Crippen LogP contribution in [0, 0.1) is 0 Å². The first-order valence-corrected chi connectivity index (χ1v) is 12.4. The highest BCUT2D eigenvalue weighted by Gasteiger charge is 2.37. The van der Waals surface area contributed by atoms with Crippen molar-refractivity contribution < 1.29 is 28.7 Å². The number of carbonyl (C=O) groups excluding carboxylic acids is 4. The van der Waals surface area contributed by atoms with Crippen molar-refractivity contribution in [3.63, 3.8) is 0 Å². The van der Waals surface area contributed by atoms with Crippen LogP contribution in [0.2, 0.25) is 5.02 Å². The van der Waals surface area contributed by atoms with Crippen LogP contribution in [-0.4, -0.2) is 47.9 Å². The van der Waals surface area contributed by atoms with Crippen LogP contribution in [0.4, 0.5) is 5.69 Å². The number of nitrogens with zero attached hydrogens (tertiary/aromatic N) is 2. The highest BCUT2D eigenvalue weighted by atomic mass is 35.5. The SMILES string of the molecule is COc1cc(OC)c(CN2C(=O)c3ccccc3C2=O)cc1/C=C1\C(=O)NC(=S)N(c2ccc(Cl)cc2)C1=O. The predicted octanol–water partition coefficient (Wildman–Crippen LogP) is 3.98. The summed E-state index contributed by atoms with van der Waals surface area (Å²) in [4.78, 5) is 54.5. The van der Waals surface area contributed by atoms with Crippen molar-refractivity contribution in [1.82, 2.24) is 10.2 Å². The molecule has 2 aliphatic heterocycles. The number of hydrogen-bond acceptors (Lipinski definition) is 7. The first kappa shape index (κ1) is 26.1. The largest absolute Gasteiger partial charge is 0.496 e. The number of hydrogen-bond donors (Lipinski definition) is 1. The monoisotopic (exact) mass is 561 g/mol. The van der Waals surface area contributed by atoms with E-state index in [1.54, 1.807) is 60.7 Å². The van der Waals surface area contributed by atoms with Crippen LogP contribution in [0.5, 0.6) is 11.5 Å².